The summed E-state index contributed by atoms with van der Waals surface area (Å²) >= 11 is 0. The molecule has 34 heavy (non-hydrogen) atoms. The van der Waals surface area contributed by atoms with Crippen LogP contribution in [0, 0.1) is 11.7 Å². The number of carbonyl (C=O) groups excluding carboxylic acids is 1. The third-order valence-corrected chi connectivity index (χ3v) is 6.62. The second-order valence-electron chi connectivity index (χ2n) is 8.89. The number of hydrogen-bond donors (Lipinski definition) is 2. The first-order valence-corrected chi connectivity index (χ1v) is 11.3. The summed E-state index contributed by atoms with van der Waals surface area (Å²) < 4.78 is 55.2. The molecule has 184 valence electrons. The van der Waals surface area contributed by atoms with Crippen LogP contribution >= 0.6 is 0 Å². The van der Waals surface area contributed by atoms with Gasteiger partial charge in [-0.2, -0.15) is 18.3 Å². The molecule has 0 radical (unpaired) electrons. The van der Waals surface area contributed by atoms with Gasteiger partial charge in [-0.15, -0.1) is 0 Å². The highest BCUT2D eigenvalue weighted by molar-refractivity contribution is 5.78. The van der Waals surface area contributed by atoms with E-state index in [-0.39, 0.29) is 56.0 Å². The van der Waals surface area contributed by atoms with Crippen LogP contribution in [-0.2, 0) is 35.3 Å². The number of halogens is 4. The first kappa shape index (κ1) is 24.2. The molecule has 1 saturated carbocycles. The van der Waals surface area contributed by atoms with Crippen LogP contribution in [-0.4, -0.2) is 50.8 Å². The summed E-state index contributed by atoms with van der Waals surface area (Å²) in [7, 11) is 0. The predicted molar refractivity (Wildman–Crippen MR) is 113 cm³/mol. The van der Waals surface area contributed by atoms with Crippen LogP contribution in [0.3, 0.4) is 0 Å². The van der Waals surface area contributed by atoms with E-state index in [1.165, 1.54) is 33.8 Å². The van der Waals surface area contributed by atoms with Crippen molar-refractivity contribution in [1.29, 1.82) is 0 Å². The number of alkyl halides is 3. The van der Waals surface area contributed by atoms with E-state index in [0.717, 1.165) is 0 Å². The number of hydrogen-bond acceptors (Lipinski definition) is 4. The first-order chi connectivity index (χ1) is 16.1. The quantitative estimate of drug-likeness (QED) is 0.618. The fraction of sp³-hybridized carbons (Fsp3) is 0.522. The van der Waals surface area contributed by atoms with Crippen molar-refractivity contribution in [2.24, 2.45) is 5.92 Å². The van der Waals surface area contributed by atoms with Gasteiger partial charge >= 0.3 is 12.1 Å². The zero-order valence-electron chi connectivity index (χ0n) is 18.4. The highest BCUT2D eigenvalue weighted by Crippen LogP contribution is 2.35. The molecule has 1 aromatic carbocycles. The van der Waals surface area contributed by atoms with Crippen LogP contribution in [0.5, 0.6) is 0 Å². The molecule has 4 rings (SSSR count). The molecule has 0 unspecified atom stereocenters. The van der Waals surface area contributed by atoms with E-state index >= 15 is 0 Å². The molecule has 2 aliphatic rings. The highest BCUT2D eigenvalue weighted by atomic mass is 19.4. The molecule has 7 nitrogen and oxygen atoms in total. The van der Waals surface area contributed by atoms with Gasteiger partial charge in [-0.25, -0.2) is 4.39 Å². The van der Waals surface area contributed by atoms with Crippen molar-refractivity contribution in [2.75, 3.05) is 13.1 Å². The summed E-state index contributed by atoms with van der Waals surface area (Å²) in [5.74, 6) is -1.82. The Morgan fingerprint density at radius 1 is 1.12 bits per heavy atom. The number of benzene rings is 1. The lowest BCUT2D eigenvalue weighted by Gasteiger charge is -2.30. The summed E-state index contributed by atoms with van der Waals surface area (Å²) in [5, 5.41) is 16.1. The average molecular weight is 482 g/mol. The standard InChI is InChI=1S/C23H26F4N4O3/c24-16-5-1-14(2-6-16)12-31-19-13-30(10-9-18(19)21(29-31)23(25,26)27)20(32)11-28-17-7-3-15(4-8-17)22(33)34/h1-2,5-6,15,17,28H,3-4,7-13H2,(H,33,34). The van der Waals surface area contributed by atoms with E-state index in [0.29, 0.717) is 36.9 Å². The van der Waals surface area contributed by atoms with Gasteiger partial charge in [0, 0.05) is 18.2 Å². The predicted octanol–water partition coefficient (Wildman–Crippen LogP) is 3.21. The van der Waals surface area contributed by atoms with Crippen molar-refractivity contribution >= 4 is 11.9 Å². The van der Waals surface area contributed by atoms with Crippen molar-refractivity contribution in [3.8, 4) is 0 Å². The van der Waals surface area contributed by atoms with Gasteiger partial charge in [-0.05, 0) is 49.8 Å². The van der Waals surface area contributed by atoms with Crippen LogP contribution in [0.15, 0.2) is 24.3 Å². The molecule has 2 N–H and O–H groups in total. The van der Waals surface area contributed by atoms with Gasteiger partial charge in [-0.1, -0.05) is 12.1 Å². The number of aromatic nitrogens is 2. The zero-order valence-corrected chi connectivity index (χ0v) is 18.4. The lowest BCUT2D eigenvalue weighted by atomic mass is 9.86. The summed E-state index contributed by atoms with van der Waals surface area (Å²) in [5.41, 5.74) is 0.0874. The fourth-order valence-corrected chi connectivity index (χ4v) is 4.70. The monoisotopic (exact) mass is 482 g/mol. The van der Waals surface area contributed by atoms with Gasteiger partial charge < -0.3 is 15.3 Å². The molecule has 1 aromatic heterocycles. The minimum atomic E-state index is -4.61. The van der Waals surface area contributed by atoms with Gasteiger partial charge in [0.2, 0.25) is 5.91 Å². The smallest absolute Gasteiger partial charge is 0.435 e. The molecule has 0 spiro atoms. The van der Waals surface area contributed by atoms with Crippen LogP contribution in [0.2, 0.25) is 0 Å². The molecular weight excluding hydrogens is 456 g/mol. The van der Waals surface area contributed by atoms with E-state index in [1.807, 2.05) is 0 Å². The lowest BCUT2D eigenvalue weighted by Crippen LogP contribution is -2.45. The number of fused-ring (bicyclic) bond motifs is 1. The van der Waals surface area contributed by atoms with Gasteiger partial charge in [0.1, 0.15) is 5.82 Å². The van der Waals surface area contributed by atoms with Crippen molar-refractivity contribution in [3.05, 3.63) is 52.6 Å². The molecule has 0 bridgehead atoms. The molecule has 11 heteroatoms. The summed E-state index contributed by atoms with van der Waals surface area (Å²) in [6, 6.07) is 5.50. The minimum Gasteiger partial charge on any atom is -0.481 e. The number of amides is 1. The number of carbonyl (C=O) groups is 2. The third-order valence-electron chi connectivity index (χ3n) is 6.62. The molecule has 0 atom stereocenters. The molecular formula is C23H26F4N4O3. The maximum atomic E-state index is 13.6. The van der Waals surface area contributed by atoms with Gasteiger partial charge in [0.05, 0.1) is 31.2 Å². The van der Waals surface area contributed by atoms with Crippen molar-refractivity contribution in [3.63, 3.8) is 0 Å². The Labute approximate surface area is 193 Å². The Kier molecular flexibility index (Phi) is 6.92. The topological polar surface area (TPSA) is 87.5 Å². The number of nitrogens with zero attached hydrogens (tertiary/aromatic N) is 3. The third kappa shape index (κ3) is 5.40. The second kappa shape index (κ2) is 9.73. The van der Waals surface area contributed by atoms with Gasteiger partial charge in [0.25, 0.3) is 0 Å². The Hall–Kier alpha value is -2.95. The molecule has 2 aromatic rings. The zero-order chi connectivity index (χ0) is 24.5. The van der Waals surface area contributed by atoms with Gasteiger partial charge in [0.15, 0.2) is 5.69 Å². The van der Waals surface area contributed by atoms with Crippen molar-refractivity contribution in [1.82, 2.24) is 20.0 Å². The number of aliphatic carboxylic acids is 1. The highest BCUT2D eigenvalue weighted by Gasteiger charge is 2.41. The normalized spacial score (nSPS) is 20.8. The van der Waals surface area contributed by atoms with E-state index < -0.39 is 23.7 Å². The number of carboxylic acid groups (broad SMARTS) is 1. The van der Waals surface area contributed by atoms with E-state index in [2.05, 4.69) is 10.4 Å². The molecule has 1 fully saturated rings. The Morgan fingerprint density at radius 3 is 2.41 bits per heavy atom. The van der Waals surface area contributed by atoms with Crippen LogP contribution in [0.25, 0.3) is 0 Å². The summed E-state index contributed by atoms with van der Waals surface area (Å²) in [6.07, 6.45) is -2.14. The van der Waals surface area contributed by atoms with Crippen LogP contribution in [0.1, 0.15) is 48.2 Å². The maximum Gasteiger partial charge on any atom is 0.435 e. The maximum absolute atomic E-state index is 13.6. The SMILES string of the molecule is O=C(O)C1CCC(NCC(=O)N2CCc3c(C(F)(F)F)nn(Cc4ccc(F)cc4)c3C2)CC1. The lowest BCUT2D eigenvalue weighted by molar-refractivity contribution is -0.143. The Morgan fingerprint density at radius 2 is 1.79 bits per heavy atom. The van der Waals surface area contributed by atoms with Gasteiger partial charge in [-0.3, -0.25) is 14.3 Å². The molecule has 2 heterocycles. The Balaban J connectivity index is 1.44. The average Bonchev–Trinajstić information content (AvgIpc) is 3.17. The first-order valence-electron chi connectivity index (χ1n) is 11.3. The number of nitrogens with one attached hydrogen (secondary N) is 1. The molecule has 0 saturated heterocycles. The fourth-order valence-electron chi connectivity index (χ4n) is 4.70. The Bertz CT molecular complexity index is 1040. The summed E-state index contributed by atoms with van der Waals surface area (Å²) in [4.78, 5) is 25.4. The van der Waals surface area contributed by atoms with Crippen LogP contribution < -0.4 is 5.32 Å². The molecule has 1 aliphatic carbocycles. The molecule has 1 amide bonds. The number of rotatable bonds is 6. The second-order valence-corrected chi connectivity index (χ2v) is 8.89. The van der Waals surface area contributed by atoms with Crippen molar-refractivity contribution in [2.45, 2.75) is 57.4 Å². The van der Waals surface area contributed by atoms with E-state index in [1.54, 1.807) is 0 Å². The molecule has 1 aliphatic heterocycles. The minimum absolute atomic E-state index is 0.00583. The number of carboxylic acids is 1. The largest absolute Gasteiger partial charge is 0.481 e. The van der Waals surface area contributed by atoms with E-state index in [4.69, 9.17) is 5.11 Å². The summed E-state index contributed by atoms with van der Waals surface area (Å²) in [6.45, 7) is 0.234. The van der Waals surface area contributed by atoms with E-state index in [9.17, 15) is 27.2 Å². The van der Waals surface area contributed by atoms with Crippen LogP contribution in [0.4, 0.5) is 17.6 Å². The van der Waals surface area contributed by atoms with Crippen molar-refractivity contribution < 1.29 is 32.3 Å².